The van der Waals surface area contributed by atoms with Crippen molar-refractivity contribution in [2.45, 2.75) is 43.3 Å². The quantitative estimate of drug-likeness (QED) is 0.511. The van der Waals surface area contributed by atoms with Crippen LogP contribution in [0.25, 0.3) is 0 Å². The number of hydrogen-bond acceptors (Lipinski definition) is 7. The van der Waals surface area contributed by atoms with Crippen LogP contribution in [0.5, 0.6) is 0 Å². The highest BCUT2D eigenvalue weighted by Gasteiger charge is 2.30. The van der Waals surface area contributed by atoms with Gasteiger partial charge in [-0.2, -0.15) is 0 Å². The maximum Gasteiger partial charge on any atom is 0.249 e. The van der Waals surface area contributed by atoms with Gasteiger partial charge in [-0.15, -0.1) is 10.2 Å². The lowest BCUT2D eigenvalue weighted by atomic mass is 10.2. The van der Waals surface area contributed by atoms with Crippen LogP contribution in [0.4, 0.5) is 10.8 Å². The average Bonchev–Trinajstić information content (AvgIpc) is 2.95. The van der Waals surface area contributed by atoms with E-state index in [9.17, 15) is 13.2 Å². The standard InChI is InChI=1S/C16H21ClN4O3S3/c1-9(2)25-16-20-19-15(26-16)18-14(22)11(4)21(27(5,23)24)12-7-6-10(3)13(17)8-12/h6-9,11H,1-5H3,(H,18,19,22)/t11-/m0/s1. The molecule has 2 aromatic rings. The van der Waals surface area contributed by atoms with E-state index < -0.39 is 22.0 Å². The van der Waals surface area contributed by atoms with Gasteiger partial charge in [0.15, 0.2) is 4.34 Å². The highest BCUT2D eigenvalue weighted by Crippen LogP contribution is 2.30. The predicted molar refractivity (Wildman–Crippen MR) is 113 cm³/mol. The Morgan fingerprint density at radius 1 is 1.30 bits per heavy atom. The number of anilines is 2. The third kappa shape index (κ3) is 5.81. The lowest BCUT2D eigenvalue weighted by molar-refractivity contribution is -0.116. The number of aryl methyl sites for hydroxylation is 1. The summed E-state index contributed by atoms with van der Waals surface area (Å²) in [6, 6.07) is 3.86. The predicted octanol–water partition coefficient (Wildman–Crippen LogP) is 3.79. The summed E-state index contributed by atoms with van der Waals surface area (Å²) in [7, 11) is -3.72. The van der Waals surface area contributed by atoms with Crippen LogP contribution in [-0.4, -0.2) is 42.1 Å². The van der Waals surface area contributed by atoms with Crippen LogP contribution in [0.1, 0.15) is 26.3 Å². The van der Waals surface area contributed by atoms with Crippen LogP contribution >= 0.6 is 34.7 Å². The number of aromatic nitrogens is 2. The highest BCUT2D eigenvalue weighted by molar-refractivity contribution is 8.01. The van der Waals surface area contributed by atoms with Gasteiger partial charge in [-0.3, -0.25) is 14.4 Å². The molecular formula is C16H21ClN4O3S3. The molecule has 11 heteroatoms. The molecule has 1 atom stereocenters. The zero-order valence-corrected chi connectivity index (χ0v) is 18.8. The molecule has 27 heavy (non-hydrogen) atoms. The summed E-state index contributed by atoms with van der Waals surface area (Å²) >= 11 is 8.91. The number of halogens is 1. The second-order valence-corrected chi connectivity index (χ2v) is 11.3. The zero-order valence-electron chi connectivity index (χ0n) is 15.6. The molecule has 2 rings (SSSR count). The van der Waals surface area contributed by atoms with Crippen LogP contribution < -0.4 is 9.62 Å². The third-order valence-corrected chi connectivity index (χ3v) is 7.05. The molecule has 0 saturated carbocycles. The molecule has 0 unspecified atom stereocenters. The molecule has 0 radical (unpaired) electrons. The van der Waals surface area contributed by atoms with E-state index >= 15 is 0 Å². The van der Waals surface area contributed by atoms with Gasteiger partial charge >= 0.3 is 0 Å². The fraction of sp³-hybridized carbons (Fsp3) is 0.438. The molecule has 0 saturated heterocycles. The van der Waals surface area contributed by atoms with Crippen molar-refractivity contribution in [3.63, 3.8) is 0 Å². The van der Waals surface area contributed by atoms with Crippen LogP contribution in [0, 0.1) is 6.92 Å². The molecule has 0 aliphatic rings. The fourth-order valence-corrected chi connectivity index (χ4v) is 5.57. The highest BCUT2D eigenvalue weighted by atomic mass is 35.5. The van der Waals surface area contributed by atoms with Gasteiger partial charge in [-0.05, 0) is 31.5 Å². The number of amides is 1. The van der Waals surface area contributed by atoms with Gasteiger partial charge in [0.25, 0.3) is 0 Å². The Labute approximate surface area is 172 Å². The van der Waals surface area contributed by atoms with E-state index in [0.29, 0.717) is 21.1 Å². The number of benzene rings is 1. The Kier molecular flexibility index (Phi) is 7.12. The number of thioether (sulfide) groups is 1. The van der Waals surface area contributed by atoms with Crippen LogP contribution in [-0.2, 0) is 14.8 Å². The van der Waals surface area contributed by atoms with E-state index in [2.05, 4.69) is 15.5 Å². The Morgan fingerprint density at radius 3 is 2.52 bits per heavy atom. The summed E-state index contributed by atoms with van der Waals surface area (Å²) in [5, 5.41) is 11.7. The molecule has 0 aliphatic heterocycles. The number of sulfonamides is 1. The molecule has 0 fully saturated rings. The Morgan fingerprint density at radius 2 is 1.96 bits per heavy atom. The first kappa shape index (κ1) is 21.9. The second-order valence-electron chi connectivity index (χ2n) is 6.20. The van der Waals surface area contributed by atoms with E-state index in [4.69, 9.17) is 11.6 Å². The first-order valence-corrected chi connectivity index (χ1v) is 12.0. The summed E-state index contributed by atoms with van der Waals surface area (Å²) in [5.41, 5.74) is 1.14. The van der Waals surface area contributed by atoms with Crippen LogP contribution in [0.15, 0.2) is 22.5 Å². The number of carbonyl (C=O) groups excluding carboxylic acids is 1. The second kappa shape index (κ2) is 8.76. The number of hydrogen-bond donors (Lipinski definition) is 1. The van der Waals surface area contributed by atoms with Crippen molar-refractivity contribution in [1.82, 2.24) is 10.2 Å². The van der Waals surface area contributed by atoms with Crippen molar-refractivity contribution in [2.24, 2.45) is 0 Å². The topological polar surface area (TPSA) is 92.3 Å². The van der Waals surface area contributed by atoms with Gasteiger partial charge in [-0.25, -0.2) is 8.42 Å². The first-order valence-electron chi connectivity index (χ1n) is 8.05. The zero-order chi connectivity index (χ0) is 20.4. The maximum absolute atomic E-state index is 12.6. The summed E-state index contributed by atoms with van der Waals surface area (Å²) in [4.78, 5) is 12.6. The van der Waals surface area contributed by atoms with Crippen LogP contribution in [0.2, 0.25) is 5.02 Å². The normalized spacial score (nSPS) is 12.9. The van der Waals surface area contributed by atoms with E-state index in [1.54, 1.807) is 12.1 Å². The molecule has 1 heterocycles. The Balaban J connectivity index is 2.24. The number of nitrogens with one attached hydrogen (secondary N) is 1. The van der Waals surface area contributed by atoms with Crippen molar-refractivity contribution in [2.75, 3.05) is 15.9 Å². The molecule has 0 spiro atoms. The molecule has 0 aliphatic carbocycles. The molecule has 1 aromatic heterocycles. The molecule has 0 bridgehead atoms. The van der Waals surface area contributed by atoms with Gasteiger partial charge in [0.1, 0.15) is 6.04 Å². The molecule has 1 N–H and O–H groups in total. The summed E-state index contributed by atoms with van der Waals surface area (Å²) in [5.74, 6) is -0.505. The maximum atomic E-state index is 12.6. The van der Waals surface area contributed by atoms with E-state index in [0.717, 1.165) is 20.5 Å². The monoisotopic (exact) mass is 448 g/mol. The number of nitrogens with zero attached hydrogens (tertiary/aromatic N) is 3. The summed E-state index contributed by atoms with van der Waals surface area (Å²) in [6.07, 6.45) is 1.05. The van der Waals surface area contributed by atoms with Crippen molar-refractivity contribution in [1.29, 1.82) is 0 Å². The van der Waals surface area contributed by atoms with Crippen LogP contribution in [0.3, 0.4) is 0 Å². The first-order chi connectivity index (χ1) is 12.5. The molecule has 7 nitrogen and oxygen atoms in total. The molecule has 1 amide bonds. The lowest BCUT2D eigenvalue weighted by Gasteiger charge is -2.28. The van der Waals surface area contributed by atoms with Gasteiger partial charge in [-0.1, -0.05) is 54.6 Å². The lowest BCUT2D eigenvalue weighted by Crippen LogP contribution is -2.45. The van der Waals surface area contributed by atoms with Gasteiger partial charge in [0.2, 0.25) is 21.1 Å². The van der Waals surface area contributed by atoms with Gasteiger partial charge in [0.05, 0.1) is 11.9 Å². The van der Waals surface area contributed by atoms with Crippen molar-refractivity contribution in [3.8, 4) is 0 Å². The number of rotatable bonds is 7. The number of carbonyl (C=O) groups is 1. The largest absolute Gasteiger partial charge is 0.299 e. The molecule has 1 aromatic carbocycles. The minimum Gasteiger partial charge on any atom is -0.299 e. The Bertz CT molecular complexity index is 931. The Hall–Kier alpha value is -1.36. The van der Waals surface area contributed by atoms with Crippen molar-refractivity contribution < 1.29 is 13.2 Å². The summed E-state index contributed by atoms with van der Waals surface area (Å²) in [6.45, 7) is 7.39. The molecule has 148 valence electrons. The third-order valence-electron chi connectivity index (χ3n) is 3.47. The average molecular weight is 449 g/mol. The van der Waals surface area contributed by atoms with Crippen molar-refractivity contribution >= 4 is 61.4 Å². The minimum atomic E-state index is -3.72. The van der Waals surface area contributed by atoms with Gasteiger partial charge in [0, 0.05) is 10.3 Å². The summed E-state index contributed by atoms with van der Waals surface area (Å²) < 4.78 is 26.4. The SMILES string of the molecule is Cc1ccc(N([C@@H](C)C(=O)Nc2nnc(SC(C)C)s2)S(C)(=O)=O)cc1Cl. The van der Waals surface area contributed by atoms with E-state index in [-0.39, 0.29) is 0 Å². The smallest absolute Gasteiger partial charge is 0.249 e. The van der Waals surface area contributed by atoms with E-state index in [1.807, 2.05) is 20.8 Å². The van der Waals surface area contributed by atoms with Gasteiger partial charge < -0.3 is 0 Å². The molecular weight excluding hydrogens is 428 g/mol. The van der Waals surface area contributed by atoms with E-state index in [1.165, 1.54) is 36.1 Å². The van der Waals surface area contributed by atoms with Crippen molar-refractivity contribution in [3.05, 3.63) is 28.8 Å². The minimum absolute atomic E-state index is 0.323. The fourth-order valence-electron chi connectivity index (χ4n) is 2.25.